The van der Waals surface area contributed by atoms with Crippen molar-refractivity contribution in [2.24, 2.45) is 5.73 Å². The number of nitrogens with zero attached hydrogens (tertiary/aromatic N) is 6. The van der Waals surface area contributed by atoms with Gasteiger partial charge in [-0.15, -0.1) is 0 Å². The van der Waals surface area contributed by atoms with Gasteiger partial charge in [0.15, 0.2) is 0 Å². The maximum atomic E-state index is 12.2. The molecule has 3 aromatic rings. The number of ether oxygens (including phenoxy) is 1. The van der Waals surface area contributed by atoms with E-state index in [0.29, 0.717) is 29.1 Å². The number of rotatable bonds is 7. The van der Waals surface area contributed by atoms with Gasteiger partial charge in [-0.25, -0.2) is 4.98 Å². The van der Waals surface area contributed by atoms with Crippen LogP contribution in [0, 0.1) is 11.3 Å². The van der Waals surface area contributed by atoms with Crippen molar-refractivity contribution in [2.45, 2.75) is 25.3 Å². The van der Waals surface area contributed by atoms with Gasteiger partial charge < -0.3 is 15.4 Å². The van der Waals surface area contributed by atoms with Gasteiger partial charge in [-0.2, -0.15) is 20.3 Å². The van der Waals surface area contributed by atoms with Crippen LogP contribution < -0.4 is 15.4 Å². The first kappa shape index (κ1) is 20.3. The van der Waals surface area contributed by atoms with Crippen LogP contribution in [0.15, 0.2) is 42.7 Å². The summed E-state index contributed by atoms with van der Waals surface area (Å²) in [4.78, 5) is 20.4. The number of amides is 1. The summed E-state index contributed by atoms with van der Waals surface area (Å²) in [6.45, 7) is 2.34. The molecule has 4 rings (SSSR count). The standard InChI is InChI=1S/C22H23N7O2/c1-31-19-6-4-15(10-17(19)11-23)14-29-26-13-18(27-29)21(22(24)30)16-5-7-20(25-12-16)28-8-2-3-9-28/h4-7,10,12-13,21H,2-3,8-9,14H2,1H3,(H2,24,30). The number of benzene rings is 1. The molecule has 1 aliphatic rings. The van der Waals surface area contributed by atoms with Gasteiger partial charge in [-0.1, -0.05) is 12.1 Å². The van der Waals surface area contributed by atoms with Crippen molar-refractivity contribution in [1.82, 2.24) is 20.0 Å². The number of aromatic nitrogens is 4. The Morgan fingerprint density at radius 3 is 2.71 bits per heavy atom. The van der Waals surface area contributed by atoms with E-state index >= 15 is 0 Å². The predicted molar refractivity (Wildman–Crippen MR) is 114 cm³/mol. The molecule has 0 radical (unpaired) electrons. The van der Waals surface area contributed by atoms with Crippen LogP contribution in [0.25, 0.3) is 0 Å². The number of nitriles is 1. The highest BCUT2D eigenvalue weighted by atomic mass is 16.5. The van der Waals surface area contributed by atoms with Gasteiger partial charge in [-0.3, -0.25) is 4.79 Å². The molecule has 1 amide bonds. The molecule has 158 valence electrons. The molecule has 1 atom stereocenters. The molecule has 2 aromatic heterocycles. The van der Waals surface area contributed by atoms with E-state index in [1.807, 2.05) is 18.2 Å². The Kier molecular flexibility index (Phi) is 5.80. The molecule has 0 bridgehead atoms. The highest BCUT2D eigenvalue weighted by Gasteiger charge is 2.25. The van der Waals surface area contributed by atoms with Crippen LogP contribution in [0.5, 0.6) is 5.75 Å². The summed E-state index contributed by atoms with van der Waals surface area (Å²) in [5.74, 6) is 0.165. The molecule has 1 aliphatic heterocycles. The molecule has 1 unspecified atom stereocenters. The first-order valence-electron chi connectivity index (χ1n) is 10.1. The van der Waals surface area contributed by atoms with Crippen LogP contribution >= 0.6 is 0 Å². The molecule has 0 saturated carbocycles. The molecule has 3 heterocycles. The normalized spacial score (nSPS) is 14.3. The number of primary amides is 1. The van der Waals surface area contributed by atoms with E-state index in [2.05, 4.69) is 26.2 Å². The van der Waals surface area contributed by atoms with Gasteiger partial charge in [0.25, 0.3) is 0 Å². The minimum Gasteiger partial charge on any atom is -0.495 e. The highest BCUT2D eigenvalue weighted by molar-refractivity contribution is 5.84. The average Bonchev–Trinajstić information content (AvgIpc) is 3.47. The monoisotopic (exact) mass is 417 g/mol. The third-order valence-corrected chi connectivity index (χ3v) is 5.38. The van der Waals surface area contributed by atoms with E-state index in [4.69, 9.17) is 10.5 Å². The molecule has 1 fully saturated rings. The second-order valence-electron chi connectivity index (χ2n) is 7.43. The van der Waals surface area contributed by atoms with Crippen molar-refractivity contribution in [3.8, 4) is 11.8 Å². The van der Waals surface area contributed by atoms with Gasteiger partial charge in [0.1, 0.15) is 23.6 Å². The van der Waals surface area contributed by atoms with Crippen molar-refractivity contribution in [3.63, 3.8) is 0 Å². The summed E-state index contributed by atoms with van der Waals surface area (Å²) in [5.41, 5.74) is 8.10. The Labute approximate surface area is 180 Å². The zero-order valence-corrected chi connectivity index (χ0v) is 17.2. The Balaban J connectivity index is 1.54. The van der Waals surface area contributed by atoms with E-state index in [0.717, 1.165) is 24.5 Å². The summed E-state index contributed by atoms with van der Waals surface area (Å²) in [5, 5.41) is 18.0. The summed E-state index contributed by atoms with van der Waals surface area (Å²) < 4.78 is 5.17. The van der Waals surface area contributed by atoms with Crippen molar-refractivity contribution < 1.29 is 9.53 Å². The van der Waals surface area contributed by atoms with E-state index in [-0.39, 0.29) is 0 Å². The quantitative estimate of drug-likeness (QED) is 0.622. The van der Waals surface area contributed by atoms with Crippen molar-refractivity contribution in [3.05, 3.63) is 65.1 Å². The van der Waals surface area contributed by atoms with Gasteiger partial charge in [-0.05, 0) is 42.2 Å². The summed E-state index contributed by atoms with van der Waals surface area (Å²) in [6.07, 6.45) is 5.56. The minimum atomic E-state index is -0.737. The highest BCUT2D eigenvalue weighted by Crippen LogP contribution is 2.25. The molecule has 1 aromatic carbocycles. The van der Waals surface area contributed by atoms with Crippen LogP contribution in [0.3, 0.4) is 0 Å². The largest absolute Gasteiger partial charge is 0.495 e. The molecular formula is C22H23N7O2. The van der Waals surface area contributed by atoms with E-state index in [1.54, 1.807) is 24.5 Å². The topological polar surface area (TPSA) is 123 Å². The van der Waals surface area contributed by atoms with Gasteiger partial charge in [0.05, 0.1) is 31.1 Å². The third-order valence-electron chi connectivity index (χ3n) is 5.38. The Bertz CT molecular complexity index is 1110. The third kappa shape index (κ3) is 4.33. The molecule has 0 aliphatic carbocycles. The number of hydrogen-bond acceptors (Lipinski definition) is 7. The van der Waals surface area contributed by atoms with Crippen LogP contribution in [-0.2, 0) is 11.3 Å². The molecule has 0 spiro atoms. The minimum absolute atomic E-state index is 0.344. The smallest absolute Gasteiger partial charge is 0.231 e. The van der Waals surface area contributed by atoms with Crippen LogP contribution in [0.1, 0.15) is 41.1 Å². The fraction of sp³-hybridized carbons (Fsp3) is 0.318. The zero-order valence-electron chi connectivity index (χ0n) is 17.2. The number of methoxy groups -OCH3 is 1. The number of hydrogen-bond donors (Lipinski definition) is 1. The molecule has 9 nitrogen and oxygen atoms in total. The van der Waals surface area contributed by atoms with Crippen molar-refractivity contribution in [1.29, 1.82) is 5.26 Å². The SMILES string of the molecule is COc1ccc(Cn2ncc(C(C(N)=O)c3ccc(N4CCCC4)nc3)n2)cc1C#N. The summed E-state index contributed by atoms with van der Waals surface area (Å²) in [7, 11) is 1.52. The lowest BCUT2D eigenvalue weighted by Crippen LogP contribution is -2.24. The number of anilines is 1. The average molecular weight is 417 g/mol. The molecular weight excluding hydrogens is 394 g/mol. The Hall–Kier alpha value is -3.93. The molecule has 9 heteroatoms. The van der Waals surface area contributed by atoms with Crippen LogP contribution in [0.4, 0.5) is 5.82 Å². The number of carbonyl (C=O) groups is 1. The lowest BCUT2D eigenvalue weighted by molar-refractivity contribution is -0.118. The van der Waals surface area contributed by atoms with Gasteiger partial charge in [0.2, 0.25) is 5.91 Å². The van der Waals surface area contributed by atoms with Gasteiger partial charge >= 0.3 is 0 Å². The van der Waals surface area contributed by atoms with E-state index in [1.165, 1.54) is 24.7 Å². The van der Waals surface area contributed by atoms with Gasteiger partial charge in [0, 0.05) is 19.3 Å². The molecule has 31 heavy (non-hydrogen) atoms. The molecule has 1 saturated heterocycles. The van der Waals surface area contributed by atoms with E-state index < -0.39 is 11.8 Å². The summed E-state index contributed by atoms with van der Waals surface area (Å²) in [6, 6.07) is 11.2. The number of carbonyl (C=O) groups excluding carboxylic acids is 1. The second-order valence-corrected chi connectivity index (χ2v) is 7.43. The maximum Gasteiger partial charge on any atom is 0.231 e. The first-order chi connectivity index (χ1) is 15.1. The maximum absolute atomic E-state index is 12.2. The van der Waals surface area contributed by atoms with E-state index in [9.17, 15) is 10.1 Å². The summed E-state index contributed by atoms with van der Waals surface area (Å²) >= 11 is 0. The molecule has 2 N–H and O–H groups in total. The lowest BCUT2D eigenvalue weighted by Gasteiger charge is -2.17. The fourth-order valence-corrected chi connectivity index (χ4v) is 3.81. The number of nitrogens with two attached hydrogens (primary N) is 1. The fourth-order valence-electron chi connectivity index (χ4n) is 3.81. The Morgan fingerprint density at radius 1 is 1.26 bits per heavy atom. The lowest BCUT2D eigenvalue weighted by atomic mass is 9.97. The number of pyridine rings is 1. The van der Waals surface area contributed by atoms with Crippen molar-refractivity contribution in [2.75, 3.05) is 25.1 Å². The van der Waals surface area contributed by atoms with Crippen LogP contribution in [-0.4, -0.2) is 46.1 Å². The zero-order chi connectivity index (χ0) is 21.8. The first-order valence-corrected chi connectivity index (χ1v) is 10.1. The predicted octanol–water partition coefficient (Wildman–Crippen LogP) is 1.82. The second kappa shape index (κ2) is 8.83. The Morgan fingerprint density at radius 2 is 2.06 bits per heavy atom. The van der Waals surface area contributed by atoms with Crippen LogP contribution in [0.2, 0.25) is 0 Å². The van der Waals surface area contributed by atoms with Crippen molar-refractivity contribution >= 4 is 11.7 Å².